The highest BCUT2D eigenvalue weighted by Gasteiger charge is 2.11. The van der Waals surface area contributed by atoms with E-state index in [-0.39, 0.29) is 0 Å². The van der Waals surface area contributed by atoms with Gasteiger partial charge in [-0.2, -0.15) is 0 Å². The molecule has 1 heterocycles. The molecule has 98 valence electrons. The van der Waals surface area contributed by atoms with Crippen LogP contribution in [0.15, 0.2) is 5.38 Å². The first-order valence-electron chi connectivity index (χ1n) is 6.22. The summed E-state index contributed by atoms with van der Waals surface area (Å²) in [5, 5.41) is 3.25. The highest BCUT2D eigenvalue weighted by atomic mass is 35.5. The van der Waals surface area contributed by atoms with Gasteiger partial charge in [0.25, 0.3) is 0 Å². The van der Waals surface area contributed by atoms with Gasteiger partial charge in [0.2, 0.25) is 0 Å². The quantitative estimate of drug-likeness (QED) is 0.703. The van der Waals surface area contributed by atoms with Crippen molar-refractivity contribution in [2.24, 2.45) is 5.92 Å². The van der Waals surface area contributed by atoms with Gasteiger partial charge in [-0.05, 0) is 26.3 Å². The predicted octanol–water partition coefficient (Wildman–Crippen LogP) is 3.79. The molecular formula is C13H23ClN2S. The van der Waals surface area contributed by atoms with Gasteiger partial charge in [-0.1, -0.05) is 13.8 Å². The maximum absolute atomic E-state index is 5.74. The number of nitrogens with zero attached hydrogens (tertiary/aromatic N) is 2. The number of alkyl halides is 1. The Hall–Kier alpha value is -0.120. The van der Waals surface area contributed by atoms with E-state index in [0.29, 0.717) is 11.9 Å². The molecule has 17 heavy (non-hydrogen) atoms. The molecule has 1 aromatic heterocycles. The zero-order valence-electron chi connectivity index (χ0n) is 11.2. The Morgan fingerprint density at radius 2 is 2.12 bits per heavy atom. The lowest BCUT2D eigenvalue weighted by atomic mass is 10.0. The van der Waals surface area contributed by atoms with Crippen LogP contribution in [-0.4, -0.2) is 29.5 Å². The van der Waals surface area contributed by atoms with Crippen molar-refractivity contribution in [2.75, 3.05) is 13.6 Å². The van der Waals surface area contributed by atoms with Crippen LogP contribution >= 0.6 is 22.9 Å². The predicted molar refractivity (Wildman–Crippen MR) is 76.9 cm³/mol. The van der Waals surface area contributed by atoms with E-state index in [1.54, 1.807) is 11.3 Å². The fraction of sp³-hybridized carbons (Fsp3) is 0.769. The van der Waals surface area contributed by atoms with Crippen molar-refractivity contribution in [1.82, 2.24) is 9.88 Å². The van der Waals surface area contributed by atoms with Gasteiger partial charge in [0.15, 0.2) is 0 Å². The molecule has 1 aromatic rings. The lowest BCUT2D eigenvalue weighted by molar-refractivity contribution is 0.231. The molecule has 1 unspecified atom stereocenters. The molecule has 1 rings (SSSR count). The summed E-state index contributed by atoms with van der Waals surface area (Å²) in [4.78, 5) is 6.90. The molecule has 0 aliphatic rings. The summed E-state index contributed by atoms with van der Waals surface area (Å²) >= 11 is 7.46. The first-order chi connectivity index (χ1) is 8.02. The van der Waals surface area contributed by atoms with Gasteiger partial charge in [0, 0.05) is 24.4 Å². The van der Waals surface area contributed by atoms with Gasteiger partial charge < -0.3 is 4.90 Å². The average Bonchev–Trinajstić information content (AvgIpc) is 2.72. The van der Waals surface area contributed by atoms with Crippen LogP contribution in [0, 0.1) is 5.92 Å². The highest BCUT2D eigenvalue weighted by Crippen LogP contribution is 2.14. The van der Waals surface area contributed by atoms with E-state index in [0.717, 1.165) is 24.6 Å². The minimum atomic E-state index is 0.524. The Kier molecular flexibility index (Phi) is 6.45. The molecule has 0 radical (unpaired) electrons. The molecule has 0 fully saturated rings. The number of rotatable bonds is 7. The number of aromatic nitrogens is 1. The van der Waals surface area contributed by atoms with E-state index in [4.69, 9.17) is 11.6 Å². The summed E-state index contributed by atoms with van der Waals surface area (Å²) in [6, 6.07) is 0.641. The number of hydrogen-bond acceptors (Lipinski definition) is 3. The summed E-state index contributed by atoms with van der Waals surface area (Å²) in [7, 11) is 2.20. The van der Waals surface area contributed by atoms with Gasteiger partial charge >= 0.3 is 0 Å². The molecule has 0 bridgehead atoms. The molecule has 0 amide bonds. The molecule has 0 N–H and O–H groups in total. The number of hydrogen-bond donors (Lipinski definition) is 0. The van der Waals surface area contributed by atoms with Crippen LogP contribution in [0.3, 0.4) is 0 Å². The van der Waals surface area contributed by atoms with E-state index in [1.165, 1.54) is 11.4 Å². The minimum Gasteiger partial charge on any atom is -0.303 e. The lowest BCUT2D eigenvalue weighted by Crippen LogP contribution is -2.32. The molecule has 0 aromatic carbocycles. The van der Waals surface area contributed by atoms with Gasteiger partial charge in [-0.3, -0.25) is 0 Å². The van der Waals surface area contributed by atoms with Crippen molar-refractivity contribution in [3.05, 3.63) is 16.1 Å². The normalized spacial score (nSPS) is 13.6. The number of thiazole rings is 1. The van der Waals surface area contributed by atoms with E-state index < -0.39 is 0 Å². The van der Waals surface area contributed by atoms with Gasteiger partial charge in [-0.15, -0.1) is 22.9 Å². The molecule has 0 aliphatic carbocycles. The van der Waals surface area contributed by atoms with Crippen LogP contribution in [0.2, 0.25) is 0 Å². The second-order valence-electron chi connectivity index (χ2n) is 5.08. The molecule has 0 saturated carbocycles. The summed E-state index contributed by atoms with van der Waals surface area (Å²) < 4.78 is 0. The van der Waals surface area contributed by atoms with Gasteiger partial charge in [-0.25, -0.2) is 4.98 Å². The smallest absolute Gasteiger partial charge is 0.0941 e. The Morgan fingerprint density at radius 1 is 1.41 bits per heavy atom. The Balaban J connectivity index is 2.34. The fourth-order valence-electron chi connectivity index (χ4n) is 1.88. The third-order valence-electron chi connectivity index (χ3n) is 2.98. The van der Waals surface area contributed by atoms with Crippen molar-refractivity contribution >= 4 is 22.9 Å². The summed E-state index contributed by atoms with van der Waals surface area (Å²) in [6.45, 7) is 7.92. The van der Waals surface area contributed by atoms with Crippen molar-refractivity contribution in [3.8, 4) is 0 Å². The van der Waals surface area contributed by atoms with Crippen LogP contribution in [0.5, 0.6) is 0 Å². The second-order valence-corrected chi connectivity index (χ2v) is 6.29. The summed E-state index contributed by atoms with van der Waals surface area (Å²) in [6.07, 6.45) is 2.28. The van der Waals surface area contributed by atoms with Crippen LogP contribution in [0.25, 0.3) is 0 Å². The van der Waals surface area contributed by atoms with Gasteiger partial charge in [0.1, 0.15) is 0 Å². The third-order valence-corrected chi connectivity index (χ3v) is 4.21. The summed E-state index contributed by atoms with van der Waals surface area (Å²) in [5.74, 6) is 1.28. The molecule has 4 heteroatoms. The topological polar surface area (TPSA) is 16.1 Å². The Bertz CT molecular complexity index is 325. The van der Waals surface area contributed by atoms with Crippen molar-refractivity contribution < 1.29 is 0 Å². The van der Waals surface area contributed by atoms with E-state index in [1.807, 2.05) is 0 Å². The molecule has 2 nitrogen and oxygen atoms in total. The Labute approximate surface area is 114 Å². The number of likely N-dealkylation sites (N-methyl/N-ethyl adjacent to an activating group) is 1. The monoisotopic (exact) mass is 274 g/mol. The van der Waals surface area contributed by atoms with E-state index >= 15 is 0 Å². The fourth-order valence-corrected chi connectivity index (χ4v) is 2.90. The van der Waals surface area contributed by atoms with Crippen LogP contribution in [0.4, 0.5) is 0 Å². The highest BCUT2D eigenvalue weighted by molar-refractivity contribution is 7.09. The Morgan fingerprint density at radius 3 is 2.65 bits per heavy atom. The zero-order valence-corrected chi connectivity index (χ0v) is 12.8. The first kappa shape index (κ1) is 14.9. The lowest BCUT2D eigenvalue weighted by Gasteiger charge is -2.25. The van der Waals surface area contributed by atoms with Crippen molar-refractivity contribution in [3.63, 3.8) is 0 Å². The molecular weight excluding hydrogens is 252 g/mol. The first-order valence-corrected chi connectivity index (χ1v) is 7.63. The SMILES string of the molecule is CC(C)CC(C)N(C)CCc1nc(CCl)cs1. The van der Waals surface area contributed by atoms with Gasteiger partial charge in [0.05, 0.1) is 16.6 Å². The van der Waals surface area contributed by atoms with Crippen LogP contribution < -0.4 is 0 Å². The standard InChI is InChI=1S/C13H23ClN2S/c1-10(2)7-11(3)16(4)6-5-13-15-12(8-14)9-17-13/h9-11H,5-8H2,1-4H3. The third kappa shape index (κ3) is 5.36. The van der Waals surface area contributed by atoms with E-state index in [2.05, 4.69) is 43.1 Å². The molecule has 0 aliphatic heterocycles. The van der Waals surface area contributed by atoms with E-state index in [9.17, 15) is 0 Å². The minimum absolute atomic E-state index is 0.524. The molecule has 0 saturated heterocycles. The maximum atomic E-state index is 5.74. The average molecular weight is 275 g/mol. The second kappa shape index (κ2) is 7.34. The zero-order chi connectivity index (χ0) is 12.8. The van der Waals surface area contributed by atoms with Crippen LogP contribution in [0.1, 0.15) is 37.9 Å². The molecule has 0 spiro atoms. The number of halogens is 1. The maximum Gasteiger partial charge on any atom is 0.0941 e. The van der Waals surface area contributed by atoms with Crippen molar-refractivity contribution in [1.29, 1.82) is 0 Å². The molecule has 1 atom stereocenters. The van der Waals surface area contributed by atoms with Crippen molar-refractivity contribution in [2.45, 2.75) is 45.5 Å². The largest absolute Gasteiger partial charge is 0.303 e. The summed E-state index contributed by atoms with van der Waals surface area (Å²) in [5.41, 5.74) is 1.00. The van der Waals surface area contributed by atoms with Crippen LogP contribution in [-0.2, 0) is 12.3 Å².